The van der Waals surface area contributed by atoms with Gasteiger partial charge in [0.1, 0.15) is 11.0 Å². The highest BCUT2D eigenvalue weighted by atomic mass is 32.2. The number of carbonyl (C=O) groups excluding carboxylic acids is 4. The van der Waals surface area contributed by atoms with Crippen LogP contribution < -0.4 is 0 Å². The topological polar surface area (TPSA) is 120 Å². The molecular weight excluding hydrogens is 400 g/mol. The predicted molar refractivity (Wildman–Crippen MR) is 106 cm³/mol. The third-order valence-electron chi connectivity index (χ3n) is 3.79. The number of amides is 1. The normalized spacial score (nSPS) is 17.5. The van der Waals surface area contributed by atoms with Crippen LogP contribution in [0.5, 0.6) is 0 Å². The van der Waals surface area contributed by atoms with E-state index in [9.17, 15) is 19.2 Å². The van der Waals surface area contributed by atoms with E-state index in [0.717, 1.165) is 11.8 Å². The summed E-state index contributed by atoms with van der Waals surface area (Å²) in [4.78, 5) is 57.9. The lowest BCUT2D eigenvalue weighted by Crippen LogP contribution is -2.33. The number of nitrogens with zero attached hydrogens (tertiary/aromatic N) is 4. The molecule has 0 saturated carbocycles. The van der Waals surface area contributed by atoms with Crippen molar-refractivity contribution in [1.29, 1.82) is 0 Å². The van der Waals surface area contributed by atoms with Crippen LogP contribution in [0.2, 0.25) is 0 Å². The van der Waals surface area contributed by atoms with Crippen molar-refractivity contribution in [3.05, 3.63) is 24.7 Å². The minimum absolute atomic E-state index is 0.0116. The number of hydrogen-bond acceptors (Lipinski definition) is 9. The van der Waals surface area contributed by atoms with E-state index >= 15 is 0 Å². The van der Waals surface area contributed by atoms with E-state index in [2.05, 4.69) is 21.3 Å². The number of hydrogen-bond donors (Lipinski definition) is 0. The predicted octanol–water partition coefficient (Wildman–Crippen LogP) is 1.33. The molecule has 1 atom stereocenters. The average Bonchev–Trinajstić information content (AvgIpc) is 3.17. The number of amidine groups is 1. The van der Waals surface area contributed by atoms with Crippen LogP contribution in [0.15, 0.2) is 24.0 Å². The van der Waals surface area contributed by atoms with Gasteiger partial charge in [0, 0.05) is 6.54 Å². The first kappa shape index (κ1) is 22.3. The Labute approximate surface area is 172 Å². The third kappa shape index (κ3) is 5.31. The number of carbonyl (C=O) groups is 4. The van der Waals surface area contributed by atoms with Crippen LogP contribution in [0, 0.1) is 0 Å². The zero-order valence-electron chi connectivity index (χ0n) is 16.4. The summed E-state index contributed by atoms with van der Waals surface area (Å²) in [5.74, 6) is -1.67. The van der Waals surface area contributed by atoms with E-state index in [1.807, 2.05) is 0 Å². The molecule has 29 heavy (non-hydrogen) atoms. The molecule has 0 bridgehead atoms. The van der Waals surface area contributed by atoms with Gasteiger partial charge in [-0.1, -0.05) is 17.8 Å². The van der Waals surface area contributed by atoms with Crippen LogP contribution in [0.25, 0.3) is 0 Å². The monoisotopic (exact) mass is 422 g/mol. The van der Waals surface area contributed by atoms with Crippen LogP contribution in [-0.2, 0) is 30.4 Å². The van der Waals surface area contributed by atoms with Crippen molar-refractivity contribution < 1.29 is 28.7 Å². The van der Waals surface area contributed by atoms with Gasteiger partial charge in [0.15, 0.2) is 16.7 Å². The lowest BCUT2D eigenvalue weighted by Gasteiger charge is -2.13. The standard InChI is InChI=1S/C18H22N4O6S/c1-5-7-22-16(25)12(8-13(24)27-4)29-18(22)20-15-14(17(26)28-6-2)21(10-19-15)9-11(3)23/h5,10,12H,1,6-9H2,2-4H3/t12-/m0/s1. The number of thioether (sulfide) groups is 1. The molecule has 11 heteroatoms. The van der Waals surface area contributed by atoms with Gasteiger partial charge >= 0.3 is 11.9 Å². The third-order valence-corrected chi connectivity index (χ3v) is 4.97. The van der Waals surface area contributed by atoms with Crippen LogP contribution in [0.1, 0.15) is 30.8 Å². The molecule has 0 aromatic carbocycles. The van der Waals surface area contributed by atoms with Gasteiger partial charge < -0.3 is 14.0 Å². The highest BCUT2D eigenvalue weighted by Crippen LogP contribution is 2.32. The Kier molecular flexibility index (Phi) is 7.71. The molecule has 10 nitrogen and oxygen atoms in total. The summed E-state index contributed by atoms with van der Waals surface area (Å²) in [5.41, 5.74) is 0.0116. The highest BCUT2D eigenvalue weighted by Gasteiger charge is 2.39. The van der Waals surface area contributed by atoms with E-state index in [-0.39, 0.29) is 54.5 Å². The second-order valence-electron chi connectivity index (χ2n) is 5.99. The summed E-state index contributed by atoms with van der Waals surface area (Å²) < 4.78 is 11.0. The quantitative estimate of drug-likeness (QED) is 0.432. The first-order valence-corrected chi connectivity index (χ1v) is 9.66. The molecule has 1 aromatic heterocycles. The number of aliphatic imine (C=N–C) groups is 1. The summed E-state index contributed by atoms with van der Waals surface area (Å²) in [6.45, 7) is 6.91. The Morgan fingerprint density at radius 1 is 1.41 bits per heavy atom. The number of Topliss-reactive ketones (excluding diaryl/α,β-unsaturated/α-hetero) is 1. The molecule has 1 aliphatic heterocycles. The largest absolute Gasteiger partial charge is 0.469 e. The Bertz CT molecular complexity index is 863. The van der Waals surface area contributed by atoms with Gasteiger partial charge in [-0.2, -0.15) is 0 Å². The average molecular weight is 422 g/mol. The number of methoxy groups -OCH3 is 1. The van der Waals surface area contributed by atoms with Crippen molar-refractivity contribution in [2.75, 3.05) is 20.3 Å². The van der Waals surface area contributed by atoms with Gasteiger partial charge in [0.25, 0.3) is 0 Å². The molecule has 0 spiro atoms. The smallest absolute Gasteiger partial charge is 0.358 e. The molecule has 0 unspecified atom stereocenters. The molecule has 0 N–H and O–H groups in total. The number of imidazole rings is 1. The molecule has 1 saturated heterocycles. The van der Waals surface area contributed by atoms with Crippen LogP contribution in [-0.4, -0.2) is 68.8 Å². The van der Waals surface area contributed by atoms with Crippen molar-refractivity contribution in [2.24, 2.45) is 4.99 Å². The summed E-state index contributed by atoms with van der Waals surface area (Å²) in [7, 11) is 1.25. The van der Waals surface area contributed by atoms with Crippen molar-refractivity contribution >= 4 is 46.4 Å². The number of aromatic nitrogens is 2. The van der Waals surface area contributed by atoms with E-state index in [1.165, 1.54) is 35.9 Å². The number of ketones is 1. The minimum Gasteiger partial charge on any atom is -0.469 e. The first-order valence-electron chi connectivity index (χ1n) is 8.78. The number of esters is 2. The lowest BCUT2D eigenvalue weighted by molar-refractivity contribution is -0.142. The molecule has 1 aliphatic rings. The summed E-state index contributed by atoms with van der Waals surface area (Å²) >= 11 is 1.07. The fraction of sp³-hybridized carbons (Fsp3) is 0.444. The Hall–Kier alpha value is -2.95. The SMILES string of the molecule is C=CCN1C(=O)[C@H](CC(=O)OC)SC1=Nc1ncn(CC(C)=O)c1C(=O)OCC. The van der Waals surface area contributed by atoms with Crippen molar-refractivity contribution in [3.8, 4) is 0 Å². The molecule has 1 aromatic rings. The van der Waals surface area contributed by atoms with Crippen molar-refractivity contribution in [1.82, 2.24) is 14.5 Å². The van der Waals surface area contributed by atoms with Gasteiger partial charge in [-0.15, -0.1) is 6.58 Å². The van der Waals surface area contributed by atoms with Gasteiger partial charge in [0.05, 0.1) is 33.0 Å². The molecule has 2 heterocycles. The van der Waals surface area contributed by atoms with Gasteiger partial charge in [0.2, 0.25) is 5.91 Å². The Morgan fingerprint density at radius 3 is 2.72 bits per heavy atom. The molecule has 2 rings (SSSR count). The number of rotatable bonds is 9. The van der Waals surface area contributed by atoms with E-state index in [4.69, 9.17) is 4.74 Å². The van der Waals surface area contributed by atoms with Gasteiger partial charge in [-0.3, -0.25) is 19.3 Å². The summed E-state index contributed by atoms with van der Waals surface area (Å²) in [6, 6.07) is 0. The van der Waals surface area contributed by atoms with Gasteiger partial charge in [-0.25, -0.2) is 14.8 Å². The number of ether oxygens (including phenoxy) is 2. The maximum Gasteiger partial charge on any atom is 0.358 e. The van der Waals surface area contributed by atoms with Crippen LogP contribution in [0.3, 0.4) is 0 Å². The van der Waals surface area contributed by atoms with E-state index < -0.39 is 17.2 Å². The lowest BCUT2D eigenvalue weighted by atomic mass is 10.2. The second-order valence-corrected chi connectivity index (χ2v) is 7.16. The molecule has 0 aliphatic carbocycles. The van der Waals surface area contributed by atoms with E-state index in [1.54, 1.807) is 6.92 Å². The Morgan fingerprint density at radius 2 is 2.14 bits per heavy atom. The fourth-order valence-electron chi connectivity index (χ4n) is 2.57. The molecule has 1 fully saturated rings. The Balaban J connectivity index is 2.44. The second kappa shape index (κ2) is 10.0. The highest BCUT2D eigenvalue weighted by molar-refractivity contribution is 8.15. The zero-order chi connectivity index (χ0) is 21.6. The van der Waals surface area contributed by atoms with Crippen molar-refractivity contribution in [2.45, 2.75) is 32.1 Å². The zero-order valence-corrected chi connectivity index (χ0v) is 17.2. The van der Waals surface area contributed by atoms with Crippen LogP contribution in [0.4, 0.5) is 5.82 Å². The fourth-order valence-corrected chi connectivity index (χ4v) is 3.70. The maximum atomic E-state index is 12.6. The minimum atomic E-state index is -0.702. The van der Waals surface area contributed by atoms with Crippen molar-refractivity contribution in [3.63, 3.8) is 0 Å². The molecule has 0 radical (unpaired) electrons. The van der Waals surface area contributed by atoms with Crippen LogP contribution >= 0.6 is 11.8 Å². The summed E-state index contributed by atoms with van der Waals surface area (Å²) in [5, 5.41) is -0.436. The van der Waals surface area contributed by atoms with E-state index in [0.29, 0.717) is 0 Å². The first-order chi connectivity index (χ1) is 13.8. The maximum absolute atomic E-state index is 12.6. The molecule has 1 amide bonds. The molecular formula is C18H22N4O6S. The van der Waals surface area contributed by atoms with Gasteiger partial charge in [-0.05, 0) is 13.8 Å². The summed E-state index contributed by atoms with van der Waals surface area (Å²) in [6.07, 6.45) is 2.73. The molecule has 156 valence electrons.